The maximum absolute atomic E-state index is 11.8. The van der Waals surface area contributed by atoms with Gasteiger partial charge in [-0.05, 0) is 12.8 Å². The quantitative estimate of drug-likeness (QED) is 0.924. The molecule has 0 unspecified atom stereocenters. The molecule has 2 aromatic rings. The molecule has 0 aliphatic carbocycles. The van der Waals surface area contributed by atoms with Gasteiger partial charge in [0.1, 0.15) is 18.7 Å². The van der Waals surface area contributed by atoms with Gasteiger partial charge >= 0.3 is 5.97 Å². The Morgan fingerprint density at radius 2 is 1.90 bits per heavy atom. The normalized spacial score (nSPS) is 14.4. The second-order valence-corrected chi connectivity index (χ2v) is 5.03. The lowest BCUT2D eigenvalue weighted by Gasteiger charge is -2.27. The number of rotatable bonds is 4. The zero-order chi connectivity index (χ0) is 15.0. The van der Waals surface area contributed by atoms with Gasteiger partial charge in [-0.15, -0.1) is 5.10 Å². The molecular weight excluding hydrogens is 274 g/mol. The largest absolute Gasteiger partial charge is 0.486 e. The van der Waals surface area contributed by atoms with Gasteiger partial charge in [-0.25, -0.2) is 9.48 Å². The SMILES string of the molecule is CCC(CC)(C(=O)O)n1nnc2cc3c(cc21)OCCO3. The van der Waals surface area contributed by atoms with Crippen molar-refractivity contribution in [3.05, 3.63) is 12.1 Å². The molecule has 0 spiro atoms. The predicted octanol–water partition coefficient (Wildman–Crippen LogP) is 1.80. The first-order valence-corrected chi connectivity index (χ1v) is 7.01. The van der Waals surface area contributed by atoms with Gasteiger partial charge in [0.05, 0.1) is 5.52 Å². The minimum absolute atomic E-state index is 0.422. The van der Waals surface area contributed by atoms with E-state index >= 15 is 0 Å². The summed E-state index contributed by atoms with van der Waals surface area (Å²) < 4.78 is 12.6. The highest BCUT2D eigenvalue weighted by Gasteiger charge is 2.39. The Labute approximate surface area is 121 Å². The van der Waals surface area contributed by atoms with Gasteiger partial charge in [0.2, 0.25) is 0 Å². The number of ether oxygens (including phenoxy) is 2. The summed E-state index contributed by atoms with van der Waals surface area (Å²) in [5.41, 5.74) is 0.149. The Bertz CT molecular complexity index is 691. The highest BCUT2D eigenvalue weighted by molar-refractivity contribution is 5.83. The number of fused-ring (bicyclic) bond motifs is 2. The van der Waals surface area contributed by atoms with Crippen molar-refractivity contribution in [2.45, 2.75) is 32.2 Å². The van der Waals surface area contributed by atoms with E-state index in [2.05, 4.69) is 10.3 Å². The van der Waals surface area contributed by atoms with Crippen LogP contribution in [0.2, 0.25) is 0 Å². The highest BCUT2D eigenvalue weighted by atomic mass is 16.6. The zero-order valence-corrected chi connectivity index (χ0v) is 12.0. The van der Waals surface area contributed by atoms with Crippen molar-refractivity contribution in [1.82, 2.24) is 15.0 Å². The lowest BCUT2D eigenvalue weighted by molar-refractivity contribution is -0.148. The molecule has 112 valence electrons. The minimum atomic E-state index is -1.10. The summed E-state index contributed by atoms with van der Waals surface area (Å²) in [6.45, 7) is 4.65. The van der Waals surface area contributed by atoms with Gasteiger partial charge in [-0.1, -0.05) is 19.1 Å². The zero-order valence-electron chi connectivity index (χ0n) is 12.0. The lowest BCUT2D eigenvalue weighted by atomic mass is 9.93. The Morgan fingerprint density at radius 1 is 1.29 bits per heavy atom. The van der Waals surface area contributed by atoms with Gasteiger partial charge in [-0.3, -0.25) is 0 Å². The van der Waals surface area contributed by atoms with Crippen molar-refractivity contribution in [2.75, 3.05) is 13.2 Å². The van der Waals surface area contributed by atoms with Crippen LogP contribution in [0.1, 0.15) is 26.7 Å². The second kappa shape index (κ2) is 4.91. The van der Waals surface area contributed by atoms with Crippen LogP contribution in [0.3, 0.4) is 0 Å². The Morgan fingerprint density at radius 3 is 2.48 bits per heavy atom. The fraction of sp³-hybridized carbons (Fsp3) is 0.500. The van der Waals surface area contributed by atoms with Crippen LogP contribution >= 0.6 is 0 Å². The van der Waals surface area contributed by atoms with E-state index in [1.54, 1.807) is 12.1 Å². The average Bonchev–Trinajstić information content (AvgIpc) is 2.90. The number of carbonyl (C=O) groups is 1. The van der Waals surface area contributed by atoms with Crippen molar-refractivity contribution in [2.24, 2.45) is 0 Å². The van der Waals surface area contributed by atoms with Crippen molar-refractivity contribution in [3.8, 4) is 11.5 Å². The van der Waals surface area contributed by atoms with Crippen LogP contribution in [0.15, 0.2) is 12.1 Å². The Kier molecular flexibility index (Phi) is 3.19. The summed E-state index contributed by atoms with van der Waals surface area (Å²) in [4.78, 5) is 11.8. The number of nitrogens with zero attached hydrogens (tertiary/aromatic N) is 3. The van der Waals surface area contributed by atoms with Gasteiger partial charge < -0.3 is 14.6 Å². The summed E-state index contributed by atoms with van der Waals surface area (Å²) in [5, 5.41) is 17.8. The lowest BCUT2D eigenvalue weighted by Crippen LogP contribution is -2.41. The second-order valence-electron chi connectivity index (χ2n) is 5.03. The molecular formula is C14H17N3O4. The van der Waals surface area contributed by atoms with Gasteiger partial charge in [-0.2, -0.15) is 0 Å². The third-order valence-corrected chi connectivity index (χ3v) is 4.08. The standard InChI is InChI=1S/C14H17N3O4/c1-3-14(4-2,13(18)19)17-10-8-12-11(20-5-6-21-12)7-9(10)15-16-17/h7-8H,3-6H2,1-2H3,(H,18,19). The first-order chi connectivity index (χ1) is 10.1. The number of aliphatic carboxylic acids is 1. The number of hydrogen-bond donors (Lipinski definition) is 1. The Hall–Kier alpha value is -2.31. The molecule has 7 heteroatoms. The molecule has 1 aliphatic heterocycles. The molecule has 0 bridgehead atoms. The molecule has 0 radical (unpaired) electrons. The highest BCUT2D eigenvalue weighted by Crippen LogP contribution is 2.36. The van der Waals surface area contributed by atoms with E-state index in [4.69, 9.17) is 9.47 Å². The number of aromatic nitrogens is 3. The first kappa shape index (κ1) is 13.7. The molecule has 1 aromatic heterocycles. The van der Waals surface area contributed by atoms with Crippen molar-refractivity contribution in [3.63, 3.8) is 0 Å². The third-order valence-electron chi connectivity index (χ3n) is 4.08. The maximum Gasteiger partial charge on any atom is 0.331 e. The summed E-state index contributed by atoms with van der Waals surface area (Å²) in [5.74, 6) is 0.313. The number of hydrogen-bond acceptors (Lipinski definition) is 5. The van der Waals surface area contributed by atoms with Crippen molar-refractivity contribution in [1.29, 1.82) is 0 Å². The van der Waals surface area contributed by atoms with Crippen LogP contribution in [-0.4, -0.2) is 39.3 Å². The number of carboxylic acid groups (broad SMARTS) is 1. The van der Waals surface area contributed by atoms with Crippen LogP contribution in [0.5, 0.6) is 11.5 Å². The number of benzene rings is 1. The molecule has 1 aromatic carbocycles. The summed E-state index contributed by atoms with van der Waals surface area (Å²) >= 11 is 0. The molecule has 0 saturated carbocycles. The van der Waals surface area contributed by atoms with E-state index in [0.29, 0.717) is 48.6 Å². The summed E-state index contributed by atoms with van der Waals surface area (Å²) in [6, 6.07) is 3.50. The topological polar surface area (TPSA) is 86.5 Å². The molecule has 3 rings (SSSR count). The van der Waals surface area contributed by atoms with E-state index in [1.165, 1.54) is 4.68 Å². The summed E-state index contributed by atoms with van der Waals surface area (Å²) in [7, 11) is 0. The Balaban J connectivity index is 2.21. The molecule has 2 heterocycles. The molecule has 1 N–H and O–H groups in total. The van der Waals surface area contributed by atoms with E-state index in [1.807, 2.05) is 13.8 Å². The van der Waals surface area contributed by atoms with Crippen LogP contribution in [0.4, 0.5) is 0 Å². The van der Waals surface area contributed by atoms with E-state index < -0.39 is 11.5 Å². The van der Waals surface area contributed by atoms with Crippen LogP contribution in [0.25, 0.3) is 11.0 Å². The monoisotopic (exact) mass is 291 g/mol. The van der Waals surface area contributed by atoms with Crippen LogP contribution < -0.4 is 9.47 Å². The van der Waals surface area contributed by atoms with E-state index in [0.717, 1.165) is 0 Å². The van der Waals surface area contributed by atoms with E-state index in [-0.39, 0.29) is 0 Å². The smallest absolute Gasteiger partial charge is 0.331 e. The molecule has 0 saturated heterocycles. The predicted molar refractivity (Wildman–Crippen MR) is 74.7 cm³/mol. The average molecular weight is 291 g/mol. The molecule has 1 aliphatic rings. The van der Waals surface area contributed by atoms with Gasteiger partial charge in [0, 0.05) is 12.1 Å². The third kappa shape index (κ3) is 1.91. The maximum atomic E-state index is 11.8. The fourth-order valence-electron chi connectivity index (χ4n) is 2.72. The van der Waals surface area contributed by atoms with Gasteiger partial charge in [0.15, 0.2) is 17.0 Å². The number of carboxylic acids is 1. The summed E-state index contributed by atoms with van der Waals surface area (Å²) in [6.07, 6.45) is 0.845. The van der Waals surface area contributed by atoms with Crippen LogP contribution in [-0.2, 0) is 10.3 Å². The molecule has 0 amide bonds. The van der Waals surface area contributed by atoms with Gasteiger partial charge in [0.25, 0.3) is 0 Å². The molecule has 21 heavy (non-hydrogen) atoms. The van der Waals surface area contributed by atoms with Crippen molar-refractivity contribution >= 4 is 17.0 Å². The molecule has 0 fully saturated rings. The minimum Gasteiger partial charge on any atom is -0.486 e. The molecule has 7 nitrogen and oxygen atoms in total. The van der Waals surface area contributed by atoms with Crippen molar-refractivity contribution < 1.29 is 19.4 Å². The van der Waals surface area contributed by atoms with Crippen LogP contribution in [0, 0.1) is 0 Å². The molecule has 0 atom stereocenters. The fourth-order valence-corrected chi connectivity index (χ4v) is 2.72. The van der Waals surface area contributed by atoms with E-state index in [9.17, 15) is 9.90 Å². The first-order valence-electron chi connectivity index (χ1n) is 7.01.